The number of nitrogens with zero attached hydrogens (tertiary/aromatic N) is 2. The van der Waals surface area contributed by atoms with Gasteiger partial charge in [-0.2, -0.15) is 0 Å². The Morgan fingerprint density at radius 2 is 2.04 bits per heavy atom. The molecule has 0 radical (unpaired) electrons. The van der Waals surface area contributed by atoms with Crippen molar-refractivity contribution in [2.24, 2.45) is 0 Å². The fourth-order valence-corrected chi connectivity index (χ4v) is 3.25. The van der Waals surface area contributed by atoms with Gasteiger partial charge in [0.15, 0.2) is 5.76 Å². The second-order valence-corrected chi connectivity index (χ2v) is 7.27. The number of nitrogens with one attached hydrogen (secondary N) is 1. The van der Waals surface area contributed by atoms with E-state index in [1.54, 1.807) is 30.6 Å². The molecular formula is C20H19Cl2N3O3. The van der Waals surface area contributed by atoms with Crippen LogP contribution in [0.2, 0.25) is 10.0 Å². The van der Waals surface area contributed by atoms with Gasteiger partial charge in [-0.1, -0.05) is 35.3 Å². The molecule has 0 spiro atoms. The first-order chi connectivity index (χ1) is 13.5. The summed E-state index contributed by atoms with van der Waals surface area (Å²) in [7, 11) is 0. The highest BCUT2D eigenvalue weighted by Gasteiger charge is 2.33. The molecule has 146 valence electrons. The van der Waals surface area contributed by atoms with E-state index in [9.17, 15) is 14.7 Å². The lowest BCUT2D eigenvalue weighted by molar-refractivity contribution is -0.128. The quantitative estimate of drug-likeness (QED) is 0.674. The number of aliphatic hydroxyl groups is 1. The molecule has 28 heavy (non-hydrogen) atoms. The number of aromatic nitrogens is 1. The average molecular weight is 420 g/mol. The summed E-state index contributed by atoms with van der Waals surface area (Å²) in [6, 6.07) is 9.02. The lowest BCUT2D eigenvalue weighted by atomic mass is 10.1. The molecule has 2 aromatic rings. The van der Waals surface area contributed by atoms with Gasteiger partial charge < -0.3 is 15.3 Å². The van der Waals surface area contributed by atoms with Crippen LogP contribution in [-0.2, 0) is 22.6 Å². The van der Waals surface area contributed by atoms with Gasteiger partial charge in [-0.15, -0.1) is 0 Å². The van der Waals surface area contributed by atoms with Crippen LogP contribution in [-0.4, -0.2) is 39.9 Å². The smallest absolute Gasteiger partial charge is 0.289 e. The van der Waals surface area contributed by atoms with Crippen LogP contribution in [0.4, 0.5) is 0 Å². The number of aryl methyl sites for hydroxylation is 1. The monoisotopic (exact) mass is 419 g/mol. The molecule has 0 fully saturated rings. The SMILES string of the molecule is O=C(NCCCc1ccc(Cl)c(Cl)c1)C1=C(O)C(=O)N(Cc2cccnc2)C1. The molecule has 0 saturated heterocycles. The fraction of sp³-hybridized carbons (Fsp3) is 0.250. The zero-order valence-electron chi connectivity index (χ0n) is 15.0. The molecule has 0 bridgehead atoms. The van der Waals surface area contributed by atoms with Crippen LogP contribution in [0.15, 0.2) is 54.1 Å². The zero-order chi connectivity index (χ0) is 20.1. The van der Waals surface area contributed by atoms with Gasteiger partial charge in [0.25, 0.3) is 11.8 Å². The molecule has 0 atom stereocenters. The summed E-state index contributed by atoms with van der Waals surface area (Å²) in [6.45, 7) is 0.760. The second-order valence-electron chi connectivity index (χ2n) is 6.46. The van der Waals surface area contributed by atoms with E-state index in [1.165, 1.54) is 4.90 Å². The number of hydrogen-bond donors (Lipinski definition) is 2. The van der Waals surface area contributed by atoms with Crippen molar-refractivity contribution in [3.8, 4) is 0 Å². The molecule has 1 aliphatic rings. The summed E-state index contributed by atoms with van der Waals surface area (Å²) in [5.74, 6) is -1.48. The predicted molar refractivity (Wildman–Crippen MR) is 107 cm³/mol. The Labute approximate surface area is 172 Å². The van der Waals surface area contributed by atoms with E-state index in [1.807, 2.05) is 12.1 Å². The van der Waals surface area contributed by atoms with E-state index in [0.29, 0.717) is 29.4 Å². The molecule has 1 aromatic carbocycles. The summed E-state index contributed by atoms with van der Waals surface area (Å²) in [4.78, 5) is 30.0. The number of rotatable bonds is 7. The molecular weight excluding hydrogens is 401 g/mol. The molecule has 6 nitrogen and oxygen atoms in total. The van der Waals surface area contributed by atoms with Crippen molar-refractivity contribution in [3.05, 3.63) is 75.2 Å². The molecule has 2 amide bonds. The zero-order valence-corrected chi connectivity index (χ0v) is 16.5. The molecule has 1 aliphatic heterocycles. The van der Waals surface area contributed by atoms with Crippen LogP contribution in [0, 0.1) is 0 Å². The molecule has 3 rings (SSSR count). The minimum atomic E-state index is -0.551. The minimum absolute atomic E-state index is 0.0676. The van der Waals surface area contributed by atoms with Gasteiger partial charge >= 0.3 is 0 Å². The number of hydrogen-bond acceptors (Lipinski definition) is 4. The van der Waals surface area contributed by atoms with Gasteiger partial charge in [-0.25, -0.2) is 0 Å². The van der Waals surface area contributed by atoms with Crippen molar-refractivity contribution in [2.75, 3.05) is 13.1 Å². The van der Waals surface area contributed by atoms with Gasteiger partial charge in [-0.05, 0) is 42.2 Å². The van der Waals surface area contributed by atoms with Crippen LogP contribution in [0.25, 0.3) is 0 Å². The Hall–Kier alpha value is -2.57. The Balaban J connectivity index is 1.49. The maximum Gasteiger partial charge on any atom is 0.289 e. The second kappa shape index (κ2) is 9.08. The highest BCUT2D eigenvalue weighted by Crippen LogP contribution is 2.23. The van der Waals surface area contributed by atoms with E-state index in [0.717, 1.165) is 11.1 Å². The van der Waals surface area contributed by atoms with Crippen molar-refractivity contribution in [1.29, 1.82) is 0 Å². The van der Waals surface area contributed by atoms with Crippen LogP contribution in [0.1, 0.15) is 17.5 Å². The van der Waals surface area contributed by atoms with E-state index < -0.39 is 17.6 Å². The first-order valence-electron chi connectivity index (χ1n) is 8.78. The summed E-state index contributed by atoms with van der Waals surface area (Å²) in [6.07, 6.45) is 4.69. The highest BCUT2D eigenvalue weighted by atomic mass is 35.5. The molecule has 0 aliphatic carbocycles. The van der Waals surface area contributed by atoms with Gasteiger partial charge in [-0.3, -0.25) is 14.6 Å². The van der Waals surface area contributed by atoms with E-state index in [4.69, 9.17) is 23.2 Å². The maximum atomic E-state index is 12.4. The van der Waals surface area contributed by atoms with E-state index in [-0.39, 0.29) is 18.7 Å². The average Bonchev–Trinajstić information content (AvgIpc) is 2.97. The van der Waals surface area contributed by atoms with Crippen molar-refractivity contribution in [2.45, 2.75) is 19.4 Å². The predicted octanol–water partition coefficient (Wildman–Crippen LogP) is 3.29. The Bertz CT molecular complexity index is 916. The third kappa shape index (κ3) is 4.82. The van der Waals surface area contributed by atoms with Crippen LogP contribution in [0.5, 0.6) is 0 Å². The van der Waals surface area contributed by atoms with E-state index in [2.05, 4.69) is 10.3 Å². The summed E-state index contributed by atoms with van der Waals surface area (Å²) in [5, 5.41) is 13.8. The largest absolute Gasteiger partial charge is 0.503 e. The van der Waals surface area contributed by atoms with Gasteiger partial charge in [0.05, 0.1) is 22.2 Å². The molecule has 1 aromatic heterocycles. The van der Waals surface area contributed by atoms with Crippen molar-refractivity contribution in [1.82, 2.24) is 15.2 Å². The van der Waals surface area contributed by atoms with E-state index >= 15 is 0 Å². The van der Waals surface area contributed by atoms with Crippen LogP contribution in [0.3, 0.4) is 0 Å². The van der Waals surface area contributed by atoms with Crippen molar-refractivity contribution < 1.29 is 14.7 Å². The standard InChI is InChI=1S/C20H19Cl2N3O3/c21-16-6-5-13(9-17(16)22)3-2-8-24-19(27)15-12-25(20(28)18(15)26)11-14-4-1-7-23-10-14/h1,4-7,9-10,26H,2-3,8,11-12H2,(H,24,27). The number of halogens is 2. The summed E-state index contributed by atoms with van der Waals surface area (Å²) in [5.41, 5.74) is 1.93. The summed E-state index contributed by atoms with van der Waals surface area (Å²) >= 11 is 11.9. The summed E-state index contributed by atoms with van der Waals surface area (Å²) < 4.78 is 0. The maximum absolute atomic E-state index is 12.4. The third-order valence-corrected chi connectivity index (χ3v) is 5.15. The fourth-order valence-electron chi connectivity index (χ4n) is 2.93. The number of carbonyl (C=O) groups excluding carboxylic acids is 2. The van der Waals surface area contributed by atoms with Crippen molar-refractivity contribution >= 4 is 35.0 Å². The van der Waals surface area contributed by atoms with Crippen LogP contribution < -0.4 is 5.32 Å². The molecule has 8 heteroatoms. The highest BCUT2D eigenvalue weighted by molar-refractivity contribution is 6.42. The first kappa shape index (κ1) is 20.2. The first-order valence-corrected chi connectivity index (χ1v) is 9.53. The normalized spacial score (nSPS) is 13.9. The molecule has 0 unspecified atom stereocenters. The Kier molecular flexibility index (Phi) is 6.54. The lowest BCUT2D eigenvalue weighted by Crippen LogP contribution is -2.30. The minimum Gasteiger partial charge on any atom is -0.503 e. The van der Waals surface area contributed by atoms with Crippen molar-refractivity contribution in [3.63, 3.8) is 0 Å². The molecule has 2 heterocycles. The molecule has 2 N–H and O–H groups in total. The number of amides is 2. The molecule has 0 saturated carbocycles. The number of aliphatic hydroxyl groups excluding tert-OH is 1. The van der Waals surface area contributed by atoms with Crippen LogP contribution >= 0.6 is 23.2 Å². The number of carbonyl (C=O) groups is 2. The van der Waals surface area contributed by atoms with Gasteiger partial charge in [0.1, 0.15) is 0 Å². The third-order valence-electron chi connectivity index (χ3n) is 4.41. The Morgan fingerprint density at radius 3 is 2.75 bits per heavy atom. The number of benzene rings is 1. The number of pyridine rings is 1. The topological polar surface area (TPSA) is 82.5 Å². The Morgan fingerprint density at radius 1 is 1.21 bits per heavy atom. The van der Waals surface area contributed by atoms with Gasteiger partial charge in [0, 0.05) is 25.5 Å². The lowest BCUT2D eigenvalue weighted by Gasteiger charge is -2.15. The van der Waals surface area contributed by atoms with Gasteiger partial charge in [0.2, 0.25) is 0 Å².